The lowest BCUT2D eigenvalue weighted by Crippen LogP contribution is -2.54. The van der Waals surface area contributed by atoms with Gasteiger partial charge in [0.1, 0.15) is 30.5 Å². The van der Waals surface area contributed by atoms with E-state index in [1.165, 1.54) is 12.1 Å². The zero-order valence-corrected chi connectivity index (χ0v) is 21.8. The van der Waals surface area contributed by atoms with Gasteiger partial charge in [0.25, 0.3) is 0 Å². The van der Waals surface area contributed by atoms with Crippen molar-refractivity contribution in [2.24, 2.45) is 5.73 Å². The Hall–Kier alpha value is -4.47. The second kappa shape index (κ2) is 11.6. The van der Waals surface area contributed by atoms with E-state index in [4.69, 9.17) is 20.6 Å². The third kappa shape index (κ3) is 6.32. The number of nitrogens with two attached hydrogens (primary N) is 1. The van der Waals surface area contributed by atoms with Gasteiger partial charge in [-0.25, -0.2) is 0 Å². The SMILES string of the molecule is Cc1ccc(C(c2ccc(OCc3cccc(COc4ccc(C(=N)N)cc4)c3)cc2)(C(F)(F)F)C(F)(F)F)cc1. The Kier molecular flexibility index (Phi) is 8.32. The monoisotopic (exact) mass is 572 g/mol. The van der Waals surface area contributed by atoms with Crippen LogP contribution in [0.4, 0.5) is 26.3 Å². The van der Waals surface area contributed by atoms with Crippen molar-refractivity contribution in [3.8, 4) is 11.5 Å². The van der Waals surface area contributed by atoms with Gasteiger partial charge in [-0.05, 0) is 71.6 Å². The summed E-state index contributed by atoms with van der Waals surface area (Å²) < 4.78 is 97.2. The average molecular weight is 573 g/mol. The summed E-state index contributed by atoms with van der Waals surface area (Å²) in [6.45, 7) is 1.84. The van der Waals surface area contributed by atoms with Crippen LogP contribution >= 0.6 is 0 Å². The summed E-state index contributed by atoms with van der Waals surface area (Å²) in [6.07, 6.45) is -11.3. The number of benzene rings is 4. The molecule has 4 rings (SSSR count). The average Bonchev–Trinajstić information content (AvgIpc) is 2.92. The Labute approximate surface area is 232 Å². The minimum absolute atomic E-state index is 0.0299. The maximum absolute atomic E-state index is 14.3. The molecule has 4 nitrogen and oxygen atoms in total. The smallest absolute Gasteiger partial charge is 0.411 e. The highest BCUT2D eigenvalue weighted by atomic mass is 19.4. The van der Waals surface area contributed by atoms with E-state index < -0.39 is 28.9 Å². The van der Waals surface area contributed by atoms with Crippen molar-refractivity contribution < 1.29 is 35.8 Å². The van der Waals surface area contributed by atoms with Crippen molar-refractivity contribution >= 4 is 5.84 Å². The molecule has 0 spiro atoms. The zero-order valence-electron chi connectivity index (χ0n) is 21.8. The number of nitrogens with one attached hydrogen (secondary N) is 1. The van der Waals surface area contributed by atoms with Crippen molar-refractivity contribution in [1.29, 1.82) is 5.41 Å². The van der Waals surface area contributed by atoms with E-state index >= 15 is 0 Å². The van der Waals surface area contributed by atoms with Gasteiger partial charge >= 0.3 is 12.4 Å². The largest absolute Gasteiger partial charge is 0.489 e. The quantitative estimate of drug-likeness (QED) is 0.122. The van der Waals surface area contributed by atoms with Gasteiger partial charge in [-0.15, -0.1) is 0 Å². The molecule has 3 N–H and O–H groups in total. The van der Waals surface area contributed by atoms with Crippen LogP contribution in [0.1, 0.15) is 33.4 Å². The molecule has 0 heterocycles. The molecule has 0 aliphatic rings. The highest BCUT2D eigenvalue weighted by Crippen LogP contribution is 2.56. The first-order valence-corrected chi connectivity index (χ1v) is 12.4. The first-order valence-electron chi connectivity index (χ1n) is 12.4. The Morgan fingerprint density at radius 2 is 1.07 bits per heavy atom. The summed E-state index contributed by atoms with van der Waals surface area (Å²) >= 11 is 0. The van der Waals surface area contributed by atoms with E-state index in [1.807, 2.05) is 12.1 Å². The van der Waals surface area contributed by atoms with Crippen LogP contribution in [0.25, 0.3) is 0 Å². The summed E-state index contributed by atoms with van der Waals surface area (Å²) in [4.78, 5) is 0. The number of rotatable bonds is 9. The molecule has 0 saturated carbocycles. The number of nitrogen functional groups attached to an aromatic ring is 1. The zero-order chi connectivity index (χ0) is 29.8. The highest BCUT2D eigenvalue weighted by Gasteiger charge is 2.72. The second-order valence-corrected chi connectivity index (χ2v) is 9.47. The molecule has 214 valence electrons. The lowest BCUT2D eigenvalue weighted by molar-refractivity contribution is -0.288. The van der Waals surface area contributed by atoms with Crippen molar-refractivity contribution in [3.05, 3.63) is 130 Å². The van der Waals surface area contributed by atoms with Crippen LogP contribution in [-0.2, 0) is 18.6 Å². The van der Waals surface area contributed by atoms with Gasteiger partial charge in [-0.1, -0.05) is 60.2 Å². The van der Waals surface area contributed by atoms with E-state index in [-0.39, 0.29) is 24.8 Å². The van der Waals surface area contributed by atoms with Crippen LogP contribution in [0.15, 0.2) is 97.1 Å². The molecule has 0 aromatic heterocycles. The molecular formula is C31H26F6N2O2. The number of hydrogen-bond donors (Lipinski definition) is 2. The van der Waals surface area contributed by atoms with Gasteiger partial charge in [-0.2, -0.15) is 26.3 Å². The third-order valence-corrected chi connectivity index (χ3v) is 6.59. The summed E-state index contributed by atoms with van der Waals surface area (Å²) in [7, 11) is 0. The molecule has 0 saturated heterocycles. The molecule has 0 amide bonds. The predicted octanol–water partition coefficient (Wildman–Crippen LogP) is 7.85. The molecule has 0 unspecified atom stereocenters. The van der Waals surface area contributed by atoms with Crippen LogP contribution in [0.3, 0.4) is 0 Å². The standard InChI is InChI=1S/C31H26F6N2O2/c1-20-5-9-24(10-6-20)29(30(32,33)34,31(35,36)37)25-11-15-27(16-12-25)41-19-22-4-2-3-21(17-22)18-40-26-13-7-23(8-14-26)28(38)39/h2-17H,18-19H2,1H3,(H3,38,39). The predicted molar refractivity (Wildman–Crippen MR) is 143 cm³/mol. The molecular weight excluding hydrogens is 546 g/mol. The van der Waals surface area contributed by atoms with Gasteiger partial charge in [0.15, 0.2) is 0 Å². The fraction of sp³-hybridized carbons (Fsp3) is 0.194. The van der Waals surface area contributed by atoms with E-state index in [0.717, 1.165) is 47.5 Å². The Morgan fingerprint density at radius 3 is 1.49 bits per heavy atom. The maximum Gasteiger partial charge on any atom is 0.411 e. The number of aryl methyl sites for hydroxylation is 1. The van der Waals surface area contributed by atoms with Crippen LogP contribution in [0.2, 0.25) is 0 Å². The fourth-order valence-electron chi connectivity index (χ4n) is 4.46. The second-order valence-electron chi connectivity index (χ2n) is 9.47. The minimum Gasteiger partial charge on any atom is -0.489 e. The highest BCUT2D eigenvalue weighted by molar-refractivity contribution is 5.94. The summed E-state index contributed by atoms with van der Waals surface area (Å²) in [5.74, 6) is 0.643. The molecule has 0 radical (unpaired) electrons. The van der Waals surface area contributed by atoms with Gasteiger partial charge in [0.2, 0.25) is 5.41 Å². The number of alkyl halides is 6. The number of hydrogen-bond acceptors (Lipinski definition) is 3. The molecule has 0 fully saturated rings. The molecule has 0 bridgehead atoms. The van der Waals surface area contributed by atoms with Crippen LogP contribution in [0.5, 0.6) is 11.5 Å². The summed E-state index contributed by atoms with van der Waals surface area (Å²) in [5, 5.41) is 7.43. The number of halogens is 6. The van der Waals surface area contributed by atoms with Crippen molar-refractivity contribution in [3.63, 3.8) is 0 Å². The van der Waals surface area contributed by atoms with Crippen LogP contribution in [-0.4, -0.2) is 18.2 Å². The Bertz CT molecular complexity index is 1470. The first-order chi connectivity index (χ1) is 19.3. The van der Waals surface area contributed by atoms with Crippen molar-refractivity contribution in [2.45, 2.75) is 37.9 Å². The molecule has 0 atom stereocenters. The van der Waals surface area contributed by atoms with Crippen LogP contribution in [0, 0.1) is 12.3 Å². The number of amidine groups is 1. The van der Waals surface area contributed by atoms with E-state index in [1.54, 1.807) is 43.3 Å². The molecule has 10 heteroatoms. The van der Waals surface area contributed by atoms with Crippen molar-refractivity contribution in [1.82, 2.24) is 0 Å². The van der Waals surface area contributed by atoms with Gasteiger partial charge < -0.3 is 15.2 Å². The first kappa shape index (κ1) is 29.5. The number of ether oxygens (including phenoxy) is 2. The third-order valence-electron chi connectivity index (χ3n) is 6.59. The molecule has 0 aliphatic heterocycles. The van der Waals surface area contributed by atoms with Gasteiger partial charge in [0.05, 0.1) is 0 Å². The van der Waals surface area contributed by atoms with E-state index in [2.05, 4.69) is 0 Å². The lowest BCUT2D eigenvalue weighted by Gasteiger charge is -2.38. The van der Waals surface area contributed by atoms with Crippen LogP contribution < -0.4 is 15.2 Å². The summed E-state index contributed by atoms with van der Waals surface area (Å²) in [5.41, 5.74) is 2.03. The normalized spacial score (nSPS) is 12.2. The maximum atomic E-state index is 14.3. The molecule has 4 aromatic rings. The minimum atomic E-state index is -5.65. The Morgan fingerprint density at radius 1 is 0.659 bits per heavy atom. The van der Waals surface area contributed by atoms with E-state index in [0.29, 0.717) is 16.9 Å². The lowest BCUT2D eigenvalue weighted by atomic mass is 9.72. The molecule has 4 aromatic carbocycles. The van der Waals surface area contributed by atoms with Gasteiger partial charge in [0, 0.05) is 5.56 Å². The Balaban J connectivity index is 1.49. The molecule has 0 aliphatic carbocycles. The fourth-order valence-corrected chi connectivity index (χ4v) is 4.46. The molecule has 41 heavy (non-hydrogen) atoms. The van der Waals surface area contributed by atoms with E-state index in [9.17, 15) is 26.3 Å². The van der Waals surface area contributed by atoms with Gasteiger partial charge in [-0.3, -0.25) is 5.41 Å². The van der Waals surface area contributed by atoms with Crippen molar-refractivity contribution in [2.75, 3.05) is 0 Å². The summed E-state index contributed by atoms with van der Waals surface area (Å²) in [6, 6.07) is 21.9. The topological polar surface area (TPSA) is 68.3 Å².